The zero-order chi connectivity index (χ0) is 37.5. The predicted octanol–water partition coefficient (Wildman–Crippen LogP) is 11.2. The molecule has 0 saturated carbocycles. The van der Waals surface area contributed by atoms with Crippen LogP contribution in [0.2, 0.25) is 0 Å². The van der Waals surface area contributed by atoms with Gasteiger partial charge in [-0.15, -0.1) is 0 Å². The molecular weight excluding hydrogens is 665 g/mol. The molecule has 0 aliphatic carbocycles. The Morgan fingerprint density at radius 1 is 0.608 bits per heavy atom. The molecule has 0 aromatic rings. The second kappa shape index (κ2) is 37.7. The lowest BCUT2D eigenvalue weighted by atomic mass is 10.1. The normalized spacial score (nSPS) is 13.9. The first-order valence-electron chi connectivity index (χ1n) is 20.1. The first-order chi connectivity index (χ1) is 24.8. The zero-order valence-electron chi connectivity index (χ0n) is 32.3. The molecule has 0 fully saturated rings. The number of allylic oxidation sites excluding steroid dienone is 8. The Labute approximate surface area is 311 Å². The van der Waals surface area contributed by atoms with Gasteiger partial charge < -0.3 is 20.1 Å². The van der Waals surface area contributed by atoms with Gasteiger partial charge in [0.1, 0.15) is 6.61 Å². The van der Waals surface area contributed by atoms with Crippen molar-refractivity contribution in [3.8, 4) is 0 Å². The van der Waals surface area contributed by atoms with Crippen LogP contribution >= 0.6 is 7.82 Å². The number of rotatable bonds is 37. The lowest BCUT2D eigenvalue weighted by molar-refractivity contribution is -0.161. The number of esters is 2. The minimum Gasteiger partial charge on any atom is -0.462 e. The van der Waals surface area contributed by atoms with Gasteiger partial charge >= 0.3 is 19.8 Å². The summed E-state index contributed by atoms with van der Waals surface area (Å²) in [6, 6.07) is 0. The van der Waals surface area contributed by atoms with E-state index in [0.29, 0.717) is 12.8 Å². The molecule has 2 atom stereocenters. The maximum atomic E-state index is 12.5. The van der Waals surface area contributed by atoms with Crippen molar-refractivity contribution in [1.82, 2.24) is 0 Å². The van der Waals surface area contributed by atoms with Crippen molar-refractivity contribution >= 4 is 19.8 Å². The lowest BCUT2D eigenvalue weighted by Crippen LogP contribution is -2.29. The maximum absolute atomic E-state index is 12.5. The monoisotopic (exact) mass is 740 g/mol. The molecule has 3 N–H and O–H groups in total. The Bertz CT molecular complexity index is 981. The van der Waals surface area contributed by atoms with E-state index in [-0.39, 0.29) is 32.6 Å². The van der Waals surface area contributed by atoms with Crippen molar-refractivity contribution in [2.75, 3.05) is 26.4 Å². The van der Waals surface area contributed by atoms with Crippen LogP contribution < -0.4 is 5.73 Å². The molecule has 296 valence electrons. The van der Waals surface area contributed by atoms with E-state index >= 15 is 0 Å². The van der Waals surface area contributed by atoms with Crippen molar-refractivity contribution < 1.29 is 37.6 Å². The highest BCUT2D eigenvalue weighted by molar-refractivity contribution is 7.47. The van der Waals surface area contributed by atoms with E-state index in [2.05, 4.69) is 62.5 Å². The molecule has 51 heavy (non-hydrogen) atoms. The van der Waals surface area contributed by atoms with Gasteiger partial charge in [0.25, 0.3) is 0 Å². The third-order valence-electron chi connectivity index (χ3n) is 8.20. The van der Waals surface area contributed by atoms with Gasteiger partial charge in [-0.2, -0.15) is 0 Å². The topological polar surface area (TPSA) is 134 Å². The highest BCUT2D eigenvalue weighted by Gasteiger charge is 2.25. The van der Waals surface area contributed by atoms with Crippen LogP contribution in [0.4, 0.5) is 0 Å². The third-order valence-corrected chi connectivity index (χ3v) is 9.18. The van der Waals surface area contributed by atoms with E-state index in [1.807, 2.05) is 0 Å². The highest BCUT2D eigenvalue weighted by atomic mass is 31.2. The molecule has 0 amide bonds. The number of carbonyl (C=O) groups is 2. The number of carbonyl (C=O) groups excluding carboxylic acids is 2. The van der Waals surface area contributed by atoms with Crippen LogP contribution in [0.5, 0.6) is 0 Å². The molecular formula is C41H74NO8P. The van der Waals surface area contributed by atoms with Crippen LogP contribution in [-0.4, -0.2) is 49.3 Å². The fraction of sp³-hybridized carbons (Fsp3) is 0.756. The molecule has 0 aliphatic heterocycles. The summed E-state index contributed by atoms with van der Waals surface area (Å²) in [4.78, 5) is 34.8. The average molecular weight is 740 g/mol. The number of hydrogen-bond acceptors (Lipinski definition) is 8. The Balaban J connectivity index is 4.25. The number of nitrogens with two attached hydrogens (primary N) is 1. The molecule has 0 aromatic carbocycles. The number of hydrogen-bond donors (Lipinski definition) is 2. The van der Waals surface area contributed by atoms with Crippen molar-refractivity contribution in [2.45, 2.75) is 174 Å². The van der Waals surface area contributed by atoms with Crippen LogP contribution in [0.15, 0.2) is 48.6 Å². The van der Waals surface area contributed by atoms with E-state index in [1.165, 1.54) is 51.4 Å². The summed E-state index contributed by atoms with van der Waals surface area (Å²) >= 11 is 0. The summed E-state index contributed by atoms with van der Waals surface area (Å²) in [7, 11) is -4.38. The molecule has 9 nitrogen and oxygen atoms in total. The molecule has 0 spiro atoms. The minimum atomic E-state index is -4.38. The zero-order valence-corrected chi connectivity index (χ0v) is 33.2. The first kappa shape index (κ1) is 49.0. The largest absolute Gasteiger partial charge is 0.472 e. The quantitative estimate of drug-likeness (QED) is 0.0276. The number of phosphoric ester groups is 1. The van der Waals surface area contributed by atoms with Crippen LogP contribution in [0, 0.1) is 0 Å². The Morgan fingerprint density at radius 2 is 1.08 bits per heavy atom. The first-order valence-corrected chi connectivity index (χ1v) is 21.6. The Hall–Kier alpha value is -2.03. The van der Waals surface area contributed by atoms with Gasteiger partial charge in [0.05, 0.1) is 13.2 Å². The maximum Gasteiger partial charge on any atom is 0.472 e. The van der Waals surface area contributed by atoms with Crippen LogP contribution in [0.25, 0.3) is 0 Å². The van der Waals surface area contributed by atoms with Gasteiger partial charge in [-0.3, -0.25) is 18.6 Å². The lowest BCUT2D eigenvalue weighted by Gasteiger charge is -2.19. The molecule has 0 aromatic heterocycles. The van der Waals surface area contributed by atoms with Gasteiger partial charge in [0.15, 0.2) is 6.10 Å². The van der Waals surface area contributed by atoms with Gasteiger partial charge in [-0.1, -0.05) is 133 Å². The van der Waals surface area contributed by atoms with E-state index in [0.717, 1.165) is 77.0 Å². The van der Waals surface area contributed by atoms with E-state index in [1.54, 1.807) is 0 Å². The SMILES string of the molecule is CC/C=C/C/C=C/C/C=C/CCCCCCCC(=O)O[C@H](COC(=O)CCCCC/C=C/CCCCCCCCCC)COP(=O)(O)OCCN. The molecule has 0 saturated heterocycles. The summed E-state index contributed by atoms with van der Waals surface area (Å²) in [6.07, 6.45) is 41.4. The Morgan fingerprint density at radius 3 is 1.65 bits per heavy atom. The van der Waals surface area contributed by atoms with Crippen molar-refractivity contribution in [2.24, 2.45) is 5.73 Å². The van der Waals surface area contributed by atoms with E-state index in [4.69, 9.17) is 24.3 Å². The average Bonchev–Trinajstić information content (AvgIpc) is 3.11. The van der Waals surface area contributed by atoms with Gasteiger partial charge in [-0.25, -0.2) is 4.57 Å². The second-order valence-corrected chi connectivity index (χ2v) is 14.6. The van der Waals surface area contributed by atoms with Crippen molar-refractivity contribution in [3.63, 3.8) is 0 Å². The van der Waals surface area contributed by atoms with Crippen LogP contribution in [-0.2, 0) is 32.7 Å². The van der Waals surface area contributed by atoms with E-state index < -0.39 is 32.5 Å². The fourth-order valence-electron chi connectivity index (χ4n) is 5.23. The van der Waals surface area contributed by atoms with Crippen LogP contribution in [0.1, 0.15) is 168 Å². The third kappa shape index (κ3) is 37.5. The summed E-state index contributed by atoms with van der Waals surface area (Å²) in [6.45, 7) is 3.57. The molecule has 0 rings (SSSR count). The number of ether oxygens (including phenoxy) is 2. The van der Waals surface area contributed by atoms with Gasteiger partial charge in [0, 0.05) is 19.4 Å². The fourth-order valence-corrected chi connectivity index (χ4v) is 6.00. The smallest absolute Gasteiger partial charge is 0.462 e. The minimum absolute atomic E-state index is 0.0469. The van der Waals surface area contributed by atoms with Crippen LogP contribution in [0.3, 0.4) is 0 Å². The molecule has 0 radical (unpaired) electrons. The predicted molar refractivity (Wildman–Crippen MR) is 210 cm³/mol. The van der Waals surface area contributed by atoms with Gasteiger partial charge in [-0.05, 0) is 70.6 Å². The van der Waals surface area contributed by atoms with Gasteiger partial charge in [0.2, 0.25) is 0 Å². The Kier molecular flexibility index (Phi) is 36.2. The number of unbranched alkanes of at least 4 members (excludes halogenated alkanes) is 16. The van der Waals surface area contributed by atoms with E-state index in [9.17, 15) is 19.0 Å². The van der Waals surface area contributed by atoms with Crippen molar-refractivity contribution in [3.05, 3.63) is 48.6 Å². The molecule has 10 heteroatoms. The number of phosphoric acid groups is 1. The molecule has 0 bridgehead atoms. The summed E-state index contributed by atoms with van der Waals surface area (Å²) in [5.74, 6) is -0.870. The molecule has 0 aliphatic rings. The summed E-state index contributed by atoms with van der Waals surface area (Å²) < 4.78 is 32.7. The highest BCUT2D eigenvalue weighted by Crippen LogP contribution is 2.43. The standard InChI is InChI=1S/C41H74NO8P/c1-3-5-7-9-11-13-15-17-19-21-23-25-27-29-31-33-40(43)47-37-39(38-49-51(45,46)48-36-35-42)50-41(44)34-32-30-28-26-24-22-20-18-16-14-12-10-8-6-4-2/h6,8,12,14,18,20-21,23,39H,3-5,7,9-11,13,15-17,19,22,24-38,42H2,1-2H3,(H,45,46)/b8-6+,14-12+,20-18+,23-21+/t39-/m1/s1. The molecule has 0 heterocycles. The summed E-state index contributed by atoms with van der Waals surface area (Å²) in [5.41, 5.74) is 5.33. The molecule has 1 unspecified atom stereocenters. The van der Waals surface area contributed by atoms with Crippen molar-refractivity contribution in [1.29, 1.82) is 0 Å². The second-order valence-electron chi connectivity index (χ2n) is 13.1. The summed E-state index contributed by atoms with van der Waals surface area (Å²) in [5, 5.41) is 0.